The molecular weight excluding hydrogens is 617 g/mol. The van der Waals surface area contributed by atoms with Crippen LogP contribution in [0.15, 0.2) is 82.6 Å². The molecule has 45 heavy (non-hydrogen) atoms. The zero-order chi connectivity index (χ0) is 32.4. The lowest BCUT2D eigenvalue weighted by molar-refractivity contribution is -0.678. The lowest BCUT2D eigenvalue weighted by Gasteiger charge is -2.18. The number of aromatic nitrogens is 1. The maximum Gasteiger partial charge on any atom is 0.374 e. The first-order chi connectivity index (χ1) is 21.3. The highest BCUT2D eigenvalue weighted by Gasteiger charge is 2.29. The predicted molar refractivity (Wildman–Crippen MR) is 174 cm³/mol. The Balaban J connectivity index is 1.53. The van der Waals surface area contributed by atoms with Crippen LogP contribution in [0.25, 0.3) is 28.3 Å². The largest absolute Gasteiger partial charge is 0.439 e. The Labute approximate surface area is 263 Å². The van der Waals surface area contributed by atoms with Crippen molar-refractivity contribution in [2.45, 2.75) is 46.6 Å². The molecule has 0 unspecified atom stereocenters. The van der Waals surface area contributed by atoms with E-state index in [1.807, 2.05) is 98.2 Å². The van der Waals surface area contributed by atoms with E-state index in [0.29, 0.717) is 48.2 Å². The summed E-state index contributed by atoms with van der Waals surface area (Å²) in [6.07, 6.45) is 5.10. The molecule has 0 saturated heterocycles. The molecule has 0 amide bonds. The quantitative estimate of drug-likeness (QED) is 0.106. The summed E-state index contributed by atoms with van der Waals surface area (Å²) in [5, 5.41) is 0. The number of hydrogen-bond acceptors (Lipinski definition) is 7. The normalized spacial score (nSPS) is 14.7. The number of aryl methyl sites for hydroxylation is 3. The summed E-state index contributed by atoms with van der Waals surface area (Å²) in [4.78, 5) is 1.74. The van der Waals surface area contributed by atoms with Crippen LogP contribution in [-0.4, -0.2) is 44.0 Å². The maximum absolute atomic E-state index is 11.7. The fourth-order valence-electron chi connectivity index (χ4n) is 5.26. The van der Waals surface area contributed by atoms with Crippen LogP contribution in [0.3, 0.4) is 0 Å². The zero-order valence-corrected chi connectivity index (χ0v) is 27.1. The molecule has 0 fully saturated rings. The zero-order valence-electron chi connectivity index (χ0n) is 25.4. The number of nitrogens with zero attached hydrogens (tertiary/aromatic N) is 2. The fourth-order valence-corrected chi connectivity index (χ4v) is 6.25. The maximum atomic E-state index is 11.7. The van der Waals surface area contributed by atoms with Crippen LogP contribution in [0.1, 0.15) is 43.2 Å². The third-order valence-electron chi connectivity index (χ3n) is 7.82. The molecule has 1 aliphatic rings. The molecule has 10 nitrogen and oxygen atoms in total. The van der Waals surface area contributed by atoms with Crippen molar-refractivity contribution in [2.75, 3.05) is 23.0 Å². The van der Waals surface area contributed by atoms with Crippen molar-refractivity contribution >= 4 is 43.1 Å². The second-order valence-corrected chi connectivity index (χ2v) is 14.3. The third-order valence-corrected chi connectivity index (χ3v) is 9.32. The van der Waals surface area contributed by atoms with Gasteiger partial charge in [-0.05, 0) is 72.7 Å². The Bertz CT molecular complexity index is 2000. The second-order valence-electron chi connectivity index (χ2n) is 11.1. The lowest BCUT2D eigenvalue weighted by Crippen LogP contribution is -2.35. The van der Waals surface area contributed by atoms with Gasteiger partial charge in [0.05, 0.1) is 23.3 Å². The molecule has 238 valence electrons. The van der Waals surface area contributed by atoms with E-state index >= 15 is 0 Å². The van der Waals surface area contributed by atoms with Gasteiger partial charge in [0.25, 0.3) is 25.8 Å². The van der Waals surface area contributed by atoms with Crippen LogP contribution in [0.2, 0.25) is 0 Å². The number of hydrogen-bond donors (Lipinski definition) is 2. The van der Waals surface area contributed by atoms with E-state index in [-0.39, 0.29) is 18.7 Å². The van der Waals surface area contributed by atoms with Gasteiger partial charge < -0.3 is 14.1 Å². The summed E-state index contributed by atoms with van der Waals surface area (Å²) >= 11 is 0. The smallest absolute Gasteiger partial charge is 0.374 e. The van der Waals surface area contributed by atoms with E-state index in [1.165, 1.54) is 0 Å². The minimum atomic E-state index is -4.24. The standard InChI is InChI=1S/C33H36N2O8S2/c1-4-25(20-32-34(14-8-9-16-44(36,37)38)28-18-23(2)24(3)19-31(28)43-32)21-33-35(15-17-45(39,40)41)29-22-27(12-13-30(29)42-33)26-10-6-5-7-11-26/h5-7,10-13,18-22H,4,8-9,14-17H2,1-3H3,(H-,36,37,38,39,40,41)/p+1. The highest BCUT2D eigenvalue weighted by Crippen LogP contribution is 2.42. The first-order valence-corrected chi connectivity index (χ1v) is 17.9. The number of anilines is 1. The van der Waals surface area contributed by atoms with Crippen molar-refractivity contribution in [1.82, 2.24) is 0 Å². The summed E-state index contributed by atoms with van der Waals surface area (Å²) in [5.41, 5.74) is 7.17. The van der Waals surface area contributed by atoms with E-state index in [9.17, 15) is 21.4 Å². The van der Waals surface area contributed by atoms with Gasteiger partial charge in [0.1, 0.15) is 0 Å². The molecule has 12 heteroatoms. The number of unbranched alkanes of at least 4 members (excludes halogenated alkanes) is 1. The topological polar surface area (TPSA) is 138 Å². The van der Waals surface area contributed by atoms with Crippen LogP contribution in [0.5, 0.6) is 5.75 Å². The van der Waals surface area contributed by atoms with Gasteiger partial charge in [-0.15, -0.1) is 0 Å². The van der Waals surface area contributed by atoms with E-state index in [1.54, 1.807) is 4.90 Å². The van der Waals surface area contributed by atoms with Crippen LogP contribution < -0.4 is 14.2 Å². The minimum absolute atomic E-state index is 0.0239. The predicted octanol–water partition coefficient (Wildman–Crippen LogP) is 6.09. The van der Waals surface area contributed by atoms with Crippen LogP contribution in [-0.2, 0) is 26.8 Å². The molecular formula is C33H37N2O8S2+. The molecule has 0 atom stereocenters. The molecule has 2 heterocycles. The first-order valence-electron chi connectivity index (χ1n) is 14.7. The number of allylic oxidation sites excluding steroid dienone is 2. The molecule has 0 bridgehead atoms. The molecule has 1 aromatic heterocycles. The van der Waals surface area contributed by atoms with Crippen molar-refractivity contribution in [2.24, 2.45) is 0 Å². The molecule has 1 aliphatic heterocycles. The van der Waals surface area contributed by atoms with Crippen LogP contribution in [0, 0.1) is 13.8 Å². The van der Waals surface area contributed by atoms with E-state index in [2.05, 4.69) is 0 Å². The number of benzene rings is 3. The highest BCUT2D eigenvalue weighted by molar-refractivity contribution is 7.86. The molecule has 4 aromatic rings. The summed E-state index contributed by atoms with van der Waals surface area (Å²) < 4.78 is 79.2. The number of oxazole rings is 1. The number of rotatable bonds is 12. The van der Waals surface area contributed by atoms with Crippen molar-refractivity contribution in [1.29, 1.82) is 0 Å². The van der Waals surface area contributed by atoms with Crippen LogP contribution >= 0.6 is 0 Å². The van der Waals surface area contributed by atoms with Gasteiger partial charge >= 0.3 is 5.89 Å². The Hall–Kier alpha value is -3.97. The van der Waals surface area contributed by atoms with E-state index < -0.39 is 26.0 Å². The lowest BCUT2D eigenvalue weighted by atomic mass is 10.0. The van der Waals surface area contributed by atoms with Crippen molar-refractivity contribution in [3.8, 4) is 16.9 Å². The SMILES string of the molecule is CCC(=Cc1oc2cc(C)c(C)cc2[n+]1CCCCS(=O)(=O)O)C=C1Oc2ccc(-c3ccccc3)cc2N1CCS(=O)(=O)O. The van der Waals surface area contributed by atoms with Gasteiger partial charge in [0.15, 0.2) is 12.3 Å². The highest BCUT2D eigenvalue weighted by atomic mass is 32.2. The molecule has 0 spiro atoms. The van der Waals surface area contributed by atoms with E-state index in [0.717, 1.165) is 33.3 Å². The average molecular weight is 654 g/mol. The molecule has 0 saturated carbocycles. The van der Waals surface area contributed by atoms with Crippen molar-refractivity contribution in [3.63, 3.8) is 0 Å². The Morgan fingerprint density at radius 1 is 0.889 bits per heavy atom. The molecule has 2 N–H and O–H groups in total. The summed E-state index contributed by atoms with van der Waals surface area (Å²) in [6, 6.07) is 19.5. The van der Waals surface area contributed by atoms with Gasteiger partial charge in [-0.1, -0.05) is 43.3 Å². The molecule has 5 rings (SSSR count). The molecule has 0 radical (unpaired) electrons. The van der Waals surface area contributed by atoms with E-state index in [4.69, 9.17) is 13.7 Å². The average Bonchev–Trinajstić information content (AvgIpc) is 3.49. The molecule has 0 aliphatic carbocycles. The van der Waals surface area contributed by atoms with Crippen molar-refractivity contribution < 1.29 is 39.7 Å². The Morgan fingerprint density at radius 2 is 1.60 bits per heavy atom. The minimum Gasteiger partial charge on any atom is -0.439 e. The van der Waals surface area contributed by atoms with Gasteiger partial charge in [-0.3, -0.25) is 9.11 Å². The van der Waals surface area contributed by atoms with Gasteiger partial charge in [0, 0.05) is 25.1 Å². The monoisotopic (exact) mass is 653 g/mol. The number of ether oxygens (including phenoxy) is 1. The Kier molecular flexibility index (Phi) is 9.49. The first kappa shape index (κ1) is 32.4. The number of fused-ring (bicyclic) bond motifs is 2. The summed E-state index contributed by atoms with van der Waals surface area (Å²) in [6.45, 7) is 6.44. The van der Waals surface area contributed by atoms with Gasteiger partial charge in [-0.2, -0.15) is 21.4 Å². The van der Waals surface area contributed by atoms with Crippen molar-refractivity contribution in [3.05, 3.63) is 95.2 Å². The second kappa shape index (κ2) is 13.2. The van der Waals surface area contributed by atoms with Gasteiger partial charge in [-0.25, -0.2) is 0 Å². The molecule has 3 aromatic carbocycles. The van der Waals surface area contributed by atoms with Crippen LogP contribution in [0.4, 0.5) is 5.69 Å². The third kappa shape index (κ3) is 8.01. The fraction of sp³-hybridized carbons (Fsp3) is 0.303. The van der Waals surface area contributed by atoms with Gasteiger partial charge in [0.2, 0.25) is 11.5 Å². The summed E-state index contributed by atoms with van der Waals surface area (Å²) in [7, 11) is -8.29. The Morgan fingerprint density at radius 3 is 2.29 bits per heavy atom. The summed E-state index contributed by atoms with van der Waals surface area (Å²) in [5.74, 6) is 0.730.